The van der Waals surface area contributed by atoms with Crippen LogP contribution in [-0.2, 0) is 0 Å². The fourth-order valence-corrected chi connectivity index (χ4v) is 2.52. The summed E-state index contributed by atoms with van der Waals surface area (Å²) in [5.41, 5.74) is -0.115. The molecule has 4 nitrogen and oxygen atoms in total. The highest BCUT2D eigenvalue weighted by Crippen LogP contribution is 2.33. The smallest absolute Gasteiger partial charge is 0.405 e. The van der Waals surface area contributed by atoms with Gasteiger partial charge in [0.15, 0.2) is 0 Å². The first kappa shape index (κ1) is 9.77. The Hall–Kier alpha value is -0.770. The minimum absolute atomic E-state index is 0.115. The molecule has 0 unspecified atom stereocenters. The van der Waals surface area contributed by atoms with Gasteiger partial charge in [-0.25, -0.2) is 4.79 Å². The van der Waals surface area contributed by atoms with Crippen LogP contribution in [0.2, 0.25) is 0 Å². The molecule has 1 aliphatic carbocycles. The Labute approximate surface area is 84.3 Å². The normalized spacial score (nSPS) is 25.7. The average molecular weight is 198 g/mol. The van der Waals surface area contributed by atoms with Crippen molar-refractivity contribution < 1.29 is 9.90 Å². The fraction of sp³-hybridized carbons (Fsp3) is 0.900. The Bertz CT molecular complexity index is 220. The topological polar surface area (TPSA) is 52.6 Å². The van der Waals surface area contributed by atoms with Crippen LogP contribution in [0.15, 0.2) is 0 Å². The van der Waals surface area contributed by atoms with Crippen LogP contribution in [-0.4, -0.2) is 41.3 Å². The number of nitrogens with one attached hydrogen (secondary N) is 1. The number of nitrogens with zero attached hydrogens (tertiary/aromatic N) is 1. The summed E-state index contributed by atoms with van der Waals surface area (Å²) >= 11 is 0. The van der Waals surface area contributed by atoms with E-state index in [0.717, 1.165) is 38.9 Å². The number of hydrogen-bond donors (Lipinski definition) is 2. The average Bonchev–Trinajstić information content (AvgIpc) is 2.51. The predicted octanol–water partition coefficient (Wildman–Crippen LogP) is 1.27. The maximum Gasteiger partial charge on any atom is 0.405 e. The molecular formula is C10H18N2O2. The van der Waals surface area contributed by atoms with Crippen molar-refractivity contribution in [3.63, 3.8) is 0 Å². The number of rotatable bonds is 3. The molecule has 14 heavy (non-hydrogen) atoms. The lowest BCUT2D eigenvalue weighted by Crippen LogP contribution is -2.59. The summed E-state index contributed by atoms with van der Waals surface area (Å²) in [6.45, 7) is 3.20. The number of carbonyl (C=O) groups is 1. The van der Waals surface area contributed by atoms with Gasteiger partial charge in [-0.1, -0.05) is 0 Å². The van der Waals surface area contributed by atoms with Crippen molar-refractivity contribution in [1.82, 2.24) is 10.2 Å². The highest BCUT2D eigenvalue weighted by atomic mass is 16.4. The van der Waals surface area contributed by atoms with Gasteiger partial charge < -0.3 is 15.3 Å². The Balaban J connectivity index is 1.87. The minimum atomic E-state index is -0.871. The van der Waals surface area contributed by atoms with E-state index in [0.29, 0.717) is 0 Å². The summed E-state index contributed by atoms with van der Waals surface area (Å²) < 4.78 is 0. The molecule has 1 heterocycles. The van der Waals surface area contributed by atoms with Gasteiger partial charge in [0.05, 0.1) is 5.54 Å². The zero-order valence-corrected chi connectivity index (χ0v) is 8.46. The summed E-state index contributed by atoms with van der Waals surface area (Å²) in [4.78, 5) is 13.0. The second-order valence-corrected chi connectivity index (χ2v) is 4.55. The van der Waals surface area contributed by atoms with E-state index in [1.807, 2.05) is 0 Å². The lowest BCUT2D eigenvalue weighted by atomic mass is 9.76. The first-order valence-corrected chi connectivity index (χ1v) is 5.44. The highest BCUT2D eigenvalue weighted by Gasteiger charge is 2.40. The summed E-state index contributed by atoms with van der Waals surface area (Å²) in [6.07, 6.45) is 4.84. The van der Waals surface area contributed by atoms with E-state index in [4.69, 9.17) is 5.11 Å². The minimum Gasteiger partial charge on any atom is -0.465 e. The Morgan fingerprint density at radius 2 is 1.93 bits per heavy atom. The van der Waals surface area contributed by atoms with Crippen LogP contribution in [0, 0.1) is 0 Å². The maximum atomic E-state index is 10.7. The molecule has 1 aliphatic heterocycles. The fourth-order valence-electron chi connectivity index (χ4n) is 2.52. The molecule has 2 N–H and O–H groups in total. The zero-order chi connectivity index (χ0) is 10.0. The second kappa shape index (κ2) is 3.77. The molecular weight excluding hydrogens is 180 g/mol. The quantitative estimate of drug-likeness (QED) is 0.718. The third-order valence-corrected chi connectivity index (χ3v) is 3.41. The SMILES string of the molecule is O=C(O)NC1(CN2CCCC2)CCC1. The van der Waals surface area contributed by atoms with E-state index >= 15 is 0 Å². The molecule has 2 aliphatic rings. The van der Waals surface area contributed by atoms with Crippen molar-refractivity contribution in [2.24, 2.45) is 0 Å². The largest absolute Gasteiger partial charge is 0.465 e. The van der Waals surface area contributed by atoms with Gasteiger partial charge in [0.1, 0.15) is 0 Å². The summed E-state index contributed by atoms with van der Waals surface area (Å²) in [5.74, 6) is 0. The van der Waals surface area contributed by atoms with Crippen molar-refractivity contribution >= 4 is 6.09 Å². The molecule has 0 radical (unpaired) electrons. The Morgan fingerprint density at radius 1 is 1.29 bits per heavy atom. The molecule has 0 atom stereocenters. The maximum absolute atomic E-state index is 10.7. The molecule has 1 amide bonds. The van der Waals surface area contributed by atoms with Crippen LogP contribution in [0.25, 0.3) is 0 Å². The zero-order valence-electron chi connectivity index (χ0n) is 8.46. The summed E-state index contributed by atoms with van der Waals surface area (Å²) in [6, 6.07) is 0. The Kier molecular flexibility index (Phi) is 2.63. The third-order valence-electron chi connectivity index (χ3n) is 3.41. The molecule has 0 bridgehead atoms. The number of amides is 1. The lowest BCUT2D eigenvalue weighted by molar-refractivity contribution is 0.111. The second-order valence-electron chi connectivity index (χ2n) is 4.55. The van der Waals surface area contributed by atoms with Crippen LogP contribution in [0.5, 0.6) is 0 Å². The lowest BCUT2D eigenvalue weighted by Gasteiger charge is -2.44. The van der Waals surface area contributed by atoms with Crippen LogP contribution in [0.1, 0.15) is 32.1 Å². The first-order valence-electron chi connectivity index (χ1n) is 5.44. The molecule has 4 heteroatoms. The van der Waals surface area contributed by atoms with E-state index in [2.05, 4.69) is 10.2 Å². The molecule has 1 saturated heterocycles. The van der Waals surface area contributed by atoms with Crippen LogP contribution in [0.4, 0.5) is 4.79 Å². The van der Waals surface area contributed by atoms with Gasteiger partial charge in [-0.05, 0) is 45.2 Å². The van der Waals surface area contributed by atoms with Crippen molar-refractivity contribution in [3.05, 3.63) is 0 Å². The van der Waals surface area contributed by atoms with Gasteiger partial charge in [-0.2, -0.15) is 0 Å². The van der Waals surface area contributed by atoms with Crippen molar-refractivity contribution in [2.45, 2.75) is 37.6 Å². The molecule has 0 aromatic rings. The van der Waals surface area contributed by atoms with Gasteiger partial charge in [0.25, 0.3) is 0 Å². The molecule has 0 spiro atoms. The molecule has 2 rings (SSSR count). The van der Waals surface area contributed by atoms with Crippen LogP contribution >= 0.6 is 0 Å². The van der Waals surface area contributed by atoms with E-state index in [1.165, 1.54) is 12.8 Å². The summed E-state index contributed by atoms with van der Waals surface area (Å²) in [7, 11) is 0. The van der Waals surface area contributed by atoms with Crippen molar-refractivity contribution in [2.75, 3.05) is 19.6 Å². The van der Waals surface area contributed by atoms with E-state index in [9.17, 15) is 4.79 Å². The van der Waals surface area contributed by atoms with Gasteiger partial charge in [0.2, 0.25) is 0 Å². The van der Waals surface area contributed by atoms with Gasteiger partial charge in [0, 0.05) is 6.54 Å². The van der Waals surface area contributed by atoms with Crippen molar-refractivity contribution in [3.8, 4) is 0 Å². The third kappa shape index (κ3) is 2.00. The van der Waals surface area contributed by atoms with Crippen LogP contribution in [0.3, 0.4) is 0 Å². The molecule has 1 saturated carbocycles. The Morgan fingerprint density at radius 3 is 2.36 bits per heavy atom. The van der Waals surface area contributed by atoms with E-state index in [1.54, 1.807) is 0 Å². The number of likely N-dealkylation sites (tertiary alicyclic amines) is 1. The summed E-state index contributed by atoms with van der Waals surface area (Å²) in [5, 5.41) is 11.5. The monoisotopic (exact) mass is 198 g/mol. The van der Waals surface area contributed by atoms with Gasteiger partial charge in [-0.15, -0.1) is 0 Å². The van der Waals surface area contributed by atoms with Crippen molar-refractivity contribution in [1.29, 1.82) is 0 Å². The molecule has 0 aromatic heterocycles. The van der Waals surface area contributed by atoms with E-state index < -0.39 is 6.09 Å². The highest BCUT2D eigenvalue weighted by molar-refractivity contribution is 5.66. The first-order chi connectivity index (χ1) is 6.70. The standard InChI is InChI=1S/C10H18N2O2/c13-9(14)11-10(4-3-5-10)8-12-6-1-2-7-12/h11H,1-8H2,(H,13,14). The predicted molar refractivity (Wildman–Crippen MR) is 53.4 cm³/mol. The molecule has 2 fully saturated rings. The van der Waals surface area contributed by atoms with E-state index in [-0.39, 0.29) is 5.54 Å². The number of carboxylic acid groups (broad SMARTS) is 1. The molecule has 0 aromatic carbocycles. The van der Waals surface area contributed by atoms with Crippen LogP contribution < -0.4 is 5.32 Å². The van der Waals surface area contributed by atoms with Gasteiger partial charge >= 0.3 is 6.09 Å². The number of hydrogen-bond acceptors (Lipinski definition) is 2. The molecule has 80 valence electrons. The van der Waals surface area contributed by atoms with Gasteiger partial charge in [-0.3, -0.25) is 0 Å².